The molecule has 19 heavy (non-hydrogen) atoms. The molecule has 0 radical (unpaired) electrons. The fourth-order valence-electron chi connectivity index (χ4n) is 1.29. The lowest BCUT2D eigenvalue weighted by Gasteiger charge is -2.01. The van der Waals surface area contributed by atoms with Crippen molar-refractivity contribution >= 4 is 34.1 Å². The zero-order chi connectivity index (χ0) is 13.8. The Hall–Kier alpha value is -1.41. The number of rotatable bonds is 5. The standard InChI is InChI=1S/C11H15N5OS2/c1-7(2)5-18-11-15-14-10(19-11)13-9(17)8-4-12-6-16(8)3/h4,6-7H,5H2,1-3H3,(H,13,14,17). The monoisotopic (exact) mass is 297 g/mol. The van der Waals surface area contributed by atoms with Crippen LogP contribution in [0.25, 0.3) is 0 Å². The van der Waals surface area contributed by atoms with Gasteiger partial charge in [0, 0.05) is 12.8 Å². The van der Waals surface area contributed by atoms with E-state index in [1.54, 1.807) is 29.7 Å². The fraction of sp³-hybridized carbons (Fsp3) is 0.455. The highest BCUT2D eigenvalue weighted by Gasteiger charge is 2.13. The number of aromatic nitrogens is 4. The molecule has 0 bridgehead atoms. The van der Waals surface area contributed by atoms with Gasteiger partial charge in [-0.25, -0.2) is 4.98 Å². The van der Waals surface area contributed by atoms with Crippen LogP contribution in [0.1, 0.15) is 24.3 Å². The summed E-state index contributed by atoms with van der Waals surface area (Å²) in [6.45, 7) is 4.30. The smallest absolute Gasteiger partial charge is 0.275 e. The number of amides is 1. The lowest BCUT2D eigenvalue weighted by atomic mass is 10.3. The molecule has 0 aliphatic carbocycles. The summed E-state index contributed by atoms with van der Waals surface area (Å²) < 4.78 is 2.53. The number of hydrogen-bond donors (Lipinski definition) is 1. The van der Waals surface area contributed by atoms with Crippen molar-refractivity contribution in [1.82, 2.24) is 19.7 Å². The predicted molar refractivity (Wildman–Crippen MR) is 76.6 cm³/mol. The van der Waals surface area contributed by atoms with Crippen molar-refractivity contribution in [1.29, 1.82) is 0 Å². The Balaban J connectivity index is 1.96. The normalized spacial score (nSPS) is 10.9. The maximum absolute atomic E-state index is 11.9. The molecule has 2 aromatic heterocycles. The molecule has 0 aromatic carbocycles. The molecule has 0 aliphatic heterocycles. The van der Waals surface area contributed by atoms with Crippen molar-refractivity contribution in [2.75, 3.05) is 11.1 Å². The van der Waals surface area contributed by atoms with Crippen LogP contribution in [0.15, 0.2) is 16.9 Å². The van der Waals surface area contributed by atoms with Gasteiger partial charge in [-0.2, -0.15) is 0 Å². The molecule has 6 nitrogen and oxygen atoms in total. The van der Waals surface area contributed by atoms with Gasteiger partial charge in [0.05, 0.1) is 12.5 Å². The minimum atomic E-state index is -0.225. The third-order valence-corrected chi connectivity index (χ3v) is 4.62. The quantitative estimate of drug-likeness (QED) is 0.677. The molecule has 0 aliphatic rings. The molecule has 0 atom stereocenters. The number of anilines is 1. The minimum absolute atomic E-state index is 0.225. The average Bonchev–Trinajstić information content (AvgIpc) is 2.95. The first kappa shape index (κ1) is 14.0. The van der Waals surface area contributed by atoms with E-state index < -0.39 is 0 Å². The summed E-state index contributed by atoms with van der Waals surface area (Å²) in [5.74, 6) is 1.36. The lowest BCUT2D eigenvalue weighted by Crippen LogP contribution is -2.15. The van der Waals surface area contributed by atoms with Crippen LogP contribution in [0.2, 0.25) is 0 Å². The topological polar surface area (TPSA) is 72.7 Å². The number of nitrogens with zero attached hydrogens (tertiary/aromatic N) is 4. The zero-order valence-electron chi connectivity index (χ0n) is 11.0. The molecule has 0 saturated heterocycles. The Bertz CT molecular complexity index is 563. The van der Waals surface area contributed by atoms with Gasteiger partial charge >= 0.3 is 0 Å². The van der Waals surface area contributed by atoms with E-state index in [0.29, 0.717) is 16.7 Å². The van der Waals surface area contributed by atoms with E-state index in [1.165, 1.54) is 17.5 Å². The van der Waals surface area contributed by atoms with Crippen LogP contribution in [-0.2, 0) is 7.05 Å². The summed E-state index contributed by atoms with van der Waals surface area (Å²) >= 11 is 3.04. The third kappa shape index (κ3) is 3.77. The highest BCUT2D eigenvalue weighted by atomic mass is 32.2. The zero-order valence-corrected chi connectivity index (χ0v) is 12.6. The number of aryl methyl sites for hydroxylation is 1. The highest BCUT2D eigenvalue weighted by molar-refractivity contribution is 8.01. The van der Waals surface area contributed by atoms with Gasteiger partial charge in [0.1, 0.15) is 5.69 Å². The number of nitrogens with one attached hydrogen (secondary N) is 1. The van der Waals surface area contributed by atoms with Gasteiger partial charge in [-0.15, -0.1) is 10.2 Å². The highest BCUT2D eigenvalue weighted by Crippen LogP contribution is 2.27. The van der Waals surface area contributed by atoms with E-state index in [4.69, 9.17) is 0 Å². The van der Waals surface area contributed by atoms with Crippen molar-refractivity contribution in [3.8, 4) is 0 Å². The van der Waals surface area contributed by atoms with Gasteiger partial charge < -0.3 is 4.57 Å². The van der Waals surface area contributed by atoms with Crippen LogP contribution >= 0.6 is 23.1 Å². The number of thioether (sulfide) groups is 1. The van der Waals surface area contributed by atoms with E-state index in [2.05, 4.69) is 34.3 Å². The van der Waals surface area contributed by atoms with Crippen LogP contribution in [0, 0.1) is 5.92 Å². The SMILES string of the molecule is CC(C)CSc1nnc(NC(=O)c2cncn2C)s1. The Labute approximate surface area is 119 Å². The molecule has 0 saturated carbocycles. The summed E-state index contributed by atoms with van der Waals surface area (Å²) in [6.07, 6.45) is 3.10. The largest absolute Gasteiger partial charge is 0.330 e. The third-order valence-electron chi connectivity index (χ3n) is 2.22. The van der Waals surface area contributed by atoms with Crippen molar-refractivity contribution < 1.29 is 4.79 Å². The molecule has 0 spiro atoms. The lowest BCUT2D eigenvalue weighted by molar-refractivity contribution is 0.101. The first-order valence-electron chi connectivity index (χ1n) is 5.80. The minimum Gasteiger partial charge on any atom is -0.330 e. The number of imidazole rings is 1. The Morgan fingerprint density at radius 1 is 1.53 bits per heavy atom. The summed E-state index contributed by atoms with van der Waals surface area (Å²) in [5.41, 5.74) is 0.492. The molecule has 0 fully saturated rings. The van der Waals surface area contributed by atoms with E-state index in [9.17, 15) is 4.79 Å². The van der Waals surface area contributed by atoms with Crippen molar-refractivity contribution in [2.45, 2.75) is 18.2 Å². The first-order valence-corrected chi connectivity index (χ1v) is 7.60. The first-order chi connectivity index (χ1) is 9.06. The van der Waals surface area contributed by atoms with E-state index in [1.807, 2.05) is 0 Å². The Morgan fingerprint density at radius 3 is 2.95 bits per heavy atom. The van der Waals surface area contributed by atoms with E-state index in [-0.39, 0.29) is 5.91 Å². The maximum atomic E-state index is 11.9. The number of hydrogen-bond acceptors (Lipinski definition) is 6. The van der Waals surface area contributed by atoms with E-state index in [0.717, 1.165) is 10.1 Å². The molecule has 2 rings (SSSR count). The molecular formula is C11H15N5OS2. The molecule has 8 heteroatoms. The fourth-order valence-corrected chi connectivity index (χ4v) is 3.02. The van der Waals surface area contributed by atoms with Crippen LogP contribution in [0.4, 0.5) is 5.13 Å². The van der Waals surface area contributed by atoms with Gasteiger partial charge in [-0.3, -0.25) is 10.1 Å². The van der Waals surface area contributed by atoms with Crippen LogP contribution in [0.5, 0.6) is 0 Å². The number of carbonyl (C=O) groups is 1. The summed E-state index contributed by atoms with van der Waals surface area (Å²) in [6, 6.07) is 0. The second-order valence-electron chi connectivity index (χ2n) is 4.42. The van der Waals surface area contributed by atoms with Gasteiger partial charge in [0.25, 0.3) is 5.91 Å². The molecule has 2 aromatic rings. The second-order valence-corrected chi connectivity index (χ2v) is 6.67. The van der Waals surface area contributed by atoms with Gasteiger partial charge in [-0.05, 0) is 5.92 Å². The Kier molecular flexibility index (Phi) is 4.54. The van der Waals surface area contributed by atoms with Crippen LogP contribution < -0.4 is 5.32 Å². The van der Waals surface area contributed by atoms with Gasteiger partial charge in [-0.1, -0.05) is 36.9 Å². The van der Waals surface area contributed by atoms with E-state index >= 15 is 0 Å². The van der Waals surface area contributed by atoms with Crippen molar-refractivity contribution in [2.24, 2.45) is 13.0 Å². The van der Waals surface area contributed by atoms with Crippen molar-refractivity contribution in [3.05, 3.63) is 18.2 Å². The average molecular weight is 297 g/mol. The van der Waals surface area contributed by atoms with Crippen molar-refractivity contribution in [3.63, 3.8) is 0 Å². The van der Waals surface area contributed by atoms with Gasteiger partial charge in [0.2, 0.25) is 5.13 Å². The molecular weight excluding hydrogens is 282 g/mol. The van der Waals surface area contributed by atoms with Crippen LogP contribution in [-0.4, -0.2) is 31.4 Å². The molecule has 102 valence electrons. The summed E-state index contributed by atoms with van der Waals surface area (Å²) in [7, 11) is 1.77. The van der Waals surface area contributed by atoms with Crippen LogP contribution in [0.3, 0.4) is 0 Å². The number of carbonyl (C=O) groups excluding carboxylic acids is 1. The molecule has 1 amide bonds. The molecule has 1 N–H and O–H groups in total. The second kappa shape index (κ2) is 6.16. The maximum Gasteiger partial charge on any atom is 0.275 e. The Morgan fingerprint density at radius 2 is 2.32 bits per heavy atom. The summed E-state index contributed by atoms with van der Waals surface area (Å²) in [5, 5.41) is 11.2. The summed E-state index contributed by atoms with van der Waals surface area (Å²) in [4.78, 5) is 15.8. The molecule has 0 unspecified atom stereocenters. The molecule has 2 heterocycles. The van der Waals surface area contributed by atoms with Gasteiger partial charge in [0.15, 0.2) is 4.34 Å². The predicted octanol–water partition coefficient (Wildman–Crippen LogP) is 2.27.